The number of hydrogen-bond donors (Lipinski definition) is 4. The van der Waals surface area contributed by atoms with E-state index in [1.807, 2.05) is 54.6 Å². The van der Waals surface area contributed by atoms with Crippen LogP contribution in [0, 0.1) is 0 Å². The summed E-state index contributed by atoms with van der Waals surface area (Å²) in [6.07, 6.45) is 4.29. The summed E-state index contributed by atoms with van der Waals surface area (Å²) < 4.78 is 0. The lowest BCUT2D eigenvalue weighted by molar-refractivity contribution is -0.131. The molecule has 0 aliphatic rings. The molecule has 0 aliphatic carbocycles. The monoisotopic (exact) mass is 489 g/mol. The van der Waals surface area contributed by atoms with Gasteiger partial charge in [0.2, 0.25) is 0 Å². The molecule has 7 nitrogen and oxygen atoms in total. The first kappa shape index (κ1) is 23.8. The highest BCUT2D eigenvalue weighted by Crippen LogP contribution is 2.29. The number of anilines is 2. The summed E-state index contributed by atoms with van der Waals surface area (Å²) in [5.74, 6) is -0.157. The van der Waals surface area contributed by atoms with Crippen molar-refractivity contribution in [3.05, 3.63) is 114 Å². The fourth-order valence-electron chi connectivity index (χ4n) is 4.13. The van der Waals surface area contributed by atoms with Gasteiger partial charge in [-0.2, -0.15) is 0 Å². The molecule has 0 radical (unpaired) electrons. The number of hydrogen-bond acceptors (Lipinski definition) is 5. The molecule has 1 atom stereocenters. The topological polar surface area (TPSA) is 103 Å². The molecule has 1 unspecified atom stereocenters. The molecule has 5 rings (SSSR count). The molecule has 0 spiro atoms. The van der Waals surface area contributed by atoms with E-state index in [2.05, 4.69) is 62.8 Å². The largest absolute Gasteiger partial charge is 0.478 e. The molecule has 7 heteroatoms. The number of aromatic amines is 1. The molecule has 0 saturated carbocycles. The molecule has 0 fully saturated rings. The Morgan fingerprint density at radius 1 is 1.00 bits per heavy atom. The number of H-pyrrole nitrogens is 1. The molecule has 0 saturated heterocycles. The van der Waals surface area contributed by atoms with Crippen molar-refractivity contribution in [3.63, 3.8) is 0 Å². The maximum Gasteiger partial charge on any atom is 0.328 e. The smallest absolute Gasteiger partial charge is 0.328 e. The second kappa shape index (κ2) is 10.8. The van der Waals surface area contributed by atoms with Gasteiger partial charge in [0.15, 0.2) is 0 Å². The molecule has 37 heavy (non-hydrogen) atoms. The van der Waals surface area contributed by atoms with Crippen molar-refractivity contribution in [2.75, 3.05) is 10.6 Å². The zero-order valence-corrected chi connectivity index (χ0v) is 20.3. The second-order valence-electron chi connectivity index (χ2n) is 8.79. The number of carboxylic acid groups (broad SMARTS) is 1. The van der Waals surface area contributed by atoms with E-state index in [1.54, 1.807) is 12.4 Å². The predicted octanol–water partition coefficient (Wildman–Crippen LogP) is 6.51. The Balaban J connectivity index is 1.26. The molecule has 0 amide bonds. The van der Waals surface area contributed by atoms with Crippen LogP contribution in [0.5, 0.6) is 0 Å². The van der Waals surface area contributed by atoms with Gasteiger partial charge in [-0.3, -0.25) is 0 Å². The van der Waals surface area contributed by atoms with Gasteiger partial charge < -0.3 is 20.7 Å². The summed E-state index contributed by atoms with van der Waals surface area (Å²) in [5.41, 5.74) is 6.98. The van der Waals surface area contributed by atoms with Gasteiger partial charge in [0.25, 0.3) is 0 Å². The number of aromatic nitrogens is 3. The van der Waals surface area contributed by atoms with E-state index in [-0.39, 0.29) is 6.04 Å². The first-order chi connectivity index (χ1) is 18.0. The van der Waals surface area contributed by atoms with Crippen molar-refractivity contribution < 1.29 is 9.90 Å². The zero-order chi connectivity index (χ0) is 25.6. The van der Waals surface area contributed by atoms with Gasteiger partial charge in [-0.25, -0.2) is 14.8 Å². The highest BCUT2D eigenvalue weighted by molar-refractivity contribution is 5.91. The van der Waals surface area contributed by atoms with Crippen LogP contribution in [-0.2, 0) is 11.3 Å². The minimum absolute atomic E-state index is 0.111. The average molecular weight is 490 g/mol. The quantitative estimate of drug-likeness (QED) is 0.176. The molecular formula is C30H27N5O2. The van der Waals surface area contributed by atoms with Gasteiger partial charge in [0, 0.05) is 30.0 Å². The van der Waals surface area contributed by atoms with Gasteiger partial charge in [-0.1, -0.05) is 66.7 Å². The molecule has 2 heterocycles. The Kier molecular flexibility index (Phi) is 6.94. The average Bonchev–Trinajstić information content (AvgIpc) is 3.37. The van der Waals surface area contributed by atoms with Crippen LogP contribution >= 0.6 is 0 Å². The summed E-state index contributed by atoms with van der Waals surface area (Å²) in [6, 6.07) is 28.5. The fraction of sp³-hybridized carbons (Fsp3) is 0.100. The van der Waals surface area contributed by atoms with E-state index in [4.69, 9.17) is 5.11 Å². The van der Waals surface area contributed by atoms with Crippen molar-refractivity contribution in [1.29, 1.82) is 0 Å². The summed E-state index contributed by atoms with van der Waals surface area (Å²) in [4.78, 5) is 23.0. The number of benzene rings is 3. The van der Waals surface area contributed by atoms with Gasteiger partial charge >= 0.3 is 5.97 Å². The molecule has 184 valence electrons. The molecule has 2 aromatic heterocycles. The minimum atomic E-state index is -0.954. The third-order valence-electron chi connectivity index (χ3n) is 6.17. The van der Waals surface area contributed by atoms with Crippen molar-refractivity contribution >= 4 is 34.6 Å². The normalized spacial score (nSPS) is 12.0. The lowest BCUT2D eigenvalue weighted by atomic mass is 10.1. The molecule has 5 aromatic rings. The Bertz CT molecular complexity index is 1520. The van der Waals surface area contributed by atoms with Crippen LogP contribution in [0.25, 0.3) is 28.4 Å². The maximum atomic E-state index is 10.7. The predicted molar refractivity (Wildman–Crippen MR) is 148 cm³/mol. The van der Waals surface area contributed by atoms with Crippen LogP contribution in [0.15, 0.2) is 97.3 Å². The van der Waals surface area contributed by atoms with Gasteiger partial charge in [0.1, 0.15) is 17.8 Å². The summed E-state index contributed by atoms with van der Waals surface area (Å²) in [7, 11) is 0. The van der Waals surface area contributed by atoms with Gasteiger partial charge in [0.05, 0.1) is 5.39 Å². The van der Waals surface area contributed by atoms with Gasteiger partial charge in [-0.05, 0) is 53.5 Å². The Morgan fingerprint density at radius 3 is 2.49 bits per heavy atom. The third-order valence-corrected chi connectivity index (χ3v) is 6.17. The van der Waals surface area contributed by atoms with Crippen molar-refractivity contribution in [1.82, 2.24) is 15.0 Å². The third kappa shape index (κ3) is 5.85. The van der Waals surface area contributed by atoms with Gasteiger partial charge in [-0.15, -0.1) is 0 Å². The van der Waals surface area contributed by atoms with Crippen molar-refractivity contribution in [2.45, 2.75) is 19.5 Å². The second-order valence-corrected chi connectivity index (χ2v) is 8.79. The minimum Gasteiger partial charge on any atom is -0.478 e. The Labute approximate surface area is 214 Å². The lowest BCUT2D eigenvalue weighted by Gasteiger charge is -2.15. The van der Waals surface area contributed by atoms with Crippen LogP contribution in [0.3, 0.4) is 0 Å². The highest BCUT2D eigenvalue weighted by Gasteiger charge is 2.12. The number of carboxylic acids is 1. The summed E-state index contributed by atoms with van der Waals surface area (Å²) in [6.45, 7) is 2.78. The van der Waals surface area contributed by atoms with Crippen LogP contribution in [-0.4, -0.2) is 26.0 Å². The number of nitrogens with one attached hydrogen (secondary N) is 3. The molecular weight excluding hydrogens is 462 g/mol. The maximum absolute atomic E-state index is 10.7. The number of aliphatic carboxylic acids is 1. The zero-order valence-electron chi connectivity index (χ0n) is 20.3. The van der Waals surface area contributed by atoms with E-state index in [0.29, 0.717) is 6.54 Å². The Morgan fingerprint density at radius 2 is 1.76 bits per heavy atom. The van der Waals surface area contributed by atoms with Crippen LogP contribution < -0.4 is 10.6 Å². The van der Waals surface area contributed by atoms with Crippen LogP contribution in [0.2, 0.25) is 0 Å². The molecule has 4 N–H and O–H groups in total. The molecule has 3 aromatic carbocycles. The van der Waals surface area contributed by atoms with Crippen molar-refractivity contribution in [3.8, 4) is 11.3 Å². The van der Waals surface area contributed by atoms with Crippen LogP contribution in [0.1, 0.15) is 29.7 Å². The van der Waals surface area contributed by atoms with Crippen molar-refractivity contribution in [2.24, 2.45) is 0 Å². The molecule has 0 aliphatic heterocycles. The number of fused-ring (bicyclic) bond motifs is 1. The standard InChI is InChI=1S/C30H27N5O2/c1-20(23-5-3-2-4-6-23)34-29-26-17-27(35-30(26)33-19-32-29)24-12-14-25(15-13-24)31-18-22-9-7-21(8-10-22)11-16-28(36)37/h2-17,19-20,31H,18H2,1H3,(H,36,37)(H2,32,33,34,35)/b16-11+. The summed E-state index contributed by atoms with van der Waals surface area (Å²) in [5, 5.41) is 16.6. The van der Waals surface area contributed by atoms with E-state index >= 15 is 0 Å². The number of nitrogens with zero attached hydrogens (tertiary/aromatic N) is 2. The number of carbonyl (C=O) groups is 1. The SMILES string of the molecule is CC(Nc1ncnc2[nH]c(-c3ccc(NCc4ccc(/C=C/C(=O)O)cc4)cc3)cc12)c1ccccc1. The highest BCUT2D eigenvalue weighted by atomic mass is 16.4. The number of rotatable bonds is 9. The fourth-order valence-corrected chi connectivity index (χ4v) is 4.13. The van der Waals surface area contributed by atoms with E-state index in [9.17, 15) is 4.79 Å². The summed E-state index contributed by atoms with van der Waals surface area (Å²) >= 11 is 0. The molecule has 0 bridgehead atoms. The van der Waals surface area contributed by atoms with Crippen LogP contribution in [0.4, 0.5) is 11.5 Å². The van der Waals surface area contributed by atoms with E-state index in [1.165, 1.54) is 5.56 Å². The first-order valence-electron chi connectivity index (χ1n) is 12.0. The Hall–Kier alpha value is -4.91. The first-order valence-corrected chi connectivity index (χ1v) is 12.0. The van der Waals surface area contributed by atoms with E-state index < -0.39 is 5.97 Å². The lowest BCUT2D eigenvalue weighted by Crippen LogP contribution is -2.08. The van der Waals surface area contributed by atoms with E-state index in [0.717, 1.165) is 51.0 Å².